The van der Waals surface area contributed by atoms with Crippen LogP contribution in [0.3, 0.4) is 0 Å². The van der Waals surface area contributed by atoms with Gasteiger partial charge in [-0.3, -0.25) is 9.88 Å². The normalized spacial score (nSPS) is 20.9. The molecule has 10 nitrogen and oxygen atoms in total. The number of carbonyl (C=O) groups excluding carboxylic acids is 1. The first kappa shape index (κ1) is 24.6. The average molecular weight is 453 g/mol. The van der Waals surface area contributed by atoms with Crippen LogP contribution in [0.1, 0.15) is 26.2 Å². The van der Waals surface area contributed by atoms with Crippen LogP contribution in [0.4, 0.5) is 5.82 Å². The van der Waals surface area contributed by atoms with Crippen molar-refractivity contribution < 1.29 is 28.5 Å². The van der Waals surface area contributed by atoms with Gasteiger partial charge in [0.15, 0.2) is 5.82 Å². The van der Waals surface area contributed by atoms with E-state index in [1.807, 2.05) is 6.20 Å². The van der Waals surface area contributed by atoms with Crippen molar-refractivity contribution >= 4 is 11.8 Å². The number of esters is 1. The second-order valence-electron chi connectivity index (χ2n) is 7.98. The zero-order valence-corrected chi connectivity index (χ0v) is 19.2. The van der Waals surface area contributed by atoms with Crippen molar-refractivity contribution in [3.63, 3.8) is 0 Å². The number of likely N-dealkylation sites (N-methyl/N-ethyl adjacent to an activating group) is 1. The SMILES string of the molecule is CCOC(=O)COCCOCCOCCOc1cncc(N2CC3CCCC2CN3C)n1. The van der Waals surface area contributed by atoms with Crippen molar-refractivity contribution in [1.82, 2.24) is 14.9 Å². The van der Waals surface area contributed by atoms with Gasteiger partial charge in [-0.05, 0) is 33.2 Å². The van der Waals surface area contributed by atoms with E-state index in [-0.39, 0.29) is 12.6 Å². The molecule has 1 aromatic heterocycles. The van der Waals surface area contributed by atoms with Gasteiger partial charge in [0.25, 0.3) is 0 Å². The molecule has 3 saturated heterocycles. The number of piperazine rings is 1. The Morgan fingerprint density at radius 3 is 2.50 bits per heavy atom. The van der Waals surface area contributed by atoms with Crippen LogP contribution in [-0.4, -0.2) is 106 Å². The first-order valence-electron chi connectivity index (χ1n) is 11.5. The Bertz CT molecular complexity index is 694. The Balaban J connectivity index is 1.25. The zero-order valence-electron chi connectivity index (χ0n) is 19.2. The molecule has 4 heterocycles. The number of anilines is 1. The van der Waals surface area contributed by atoms with E-state index < -0.39 is 0 Å². The van der Waals surface area contributed by atoms with Gasteiger partial charge in [-0.2, -0.15) is 4.98 Å². The highest BCUT2D eigenvalue weighted by Crippen LogP contribution is 2.30. The molecular weight excluding hydrogens is 416 g/mol. The molecule has 0 aromatic carbocycles. The Morgan fingerprint density at radius 2 is 1.72 bits per heavy atom. The summed E-state index contributed by atoms with van der Waals surface area (Å²) in [5, 5.41) is 0. The lowest BCUT2D eigenvalue weighted by Gasteiger charge is -2.42. The summed E-state index contributed by atoms with van der Waals surface area (Å²) >= 11 is 0. The molecule has 0 radical (unpaired) electrons. The van der Waals surface area contributed by atoms with Crippen molar-refractivity contribution in [2.45, 2.75) is 38.3 Å². The maximum Gasteiger partial charge on any atom is 0.332 e. The van der Waals surface area contributed by atoms with Gasteiger partial charge in [0.1, 0.15) is 13.2 Å². The number of aromatic nitrogens is 2. The minimum Gasteiger partial charge on any atom is -0.474 e. The quantitative estimate of drug-likeness (QED) is 0.302. The van der Waals surface area contributed by atoms with E-state index in [0.29, 0.717) is 64.2 Å². The fraction of sp³-hybridized carbons (Fsp3) is 0.773. The van der Waals surface area contributed by atoms with E-state index in [1.165, 1.54) is 19.3 Å². The summed E-state index contributed by atoms with van der Waals surface area (Å²) in [7, 11) is 2.22. The molecule has 3 aliphatic heterocycles. The average Bonchev–Trinajstić information content (AvgIpc) is 3.11. The zero-order chi connectivity index (χ0) is 22.6. The van der Waals surface area contributed by atoms with E-state index in [1.54, 1.807) is 13.1 Å². The van der Waals surface area contributed by atoms with Crippen molar-refractivity contribution in [1.29, 1.82) is 0 Å². The molecule has 0 spiro atoms. The molecule has 4 rings (SSSR count). The van der Waals surface area contributed by atoms with Crippen LogP contribution in [-0.2, 0) is 23.7 Å². The van der Waals surface area contributed by atoms with Gasteiger partial charge in [0.05, 0.1) is 52.0 Å². The van der Waals surface area contributed by atoms with Gasteiger partial charge in [-0.15, -0.1) is 0 Å². The lowest BCUT2D eigenvalue weighted by atomic mass is 10.1. The van der Waals surface area contributed by atoms with E-state index in [4.69, 9.17) is 23.7 Å². The van der Waals surface area contributed by atoms with E-state index in [9.17, 15) is 4.79 Å². The van der Waals surface area contributed by atoms with E-state index in [2.05, 4.69) is 26.8 Å². The fourth-order valence-electron chi connectivity index (χ4n) is 4.07. The lowest BCUT2D eigenvalue weighted by molar-refractivity contribution is -0.149. The monoisotopic (exact) mass is 452 g/mol. The highest BCUT2D eigenvalue weighted by molar-refractivity contribution is 5.70. The highest BCUT2D eigenvalue weighted by Gasteiger charge is 2.35. The van der Waals surface area contributed by atoms with Gasteiger partial charge >= 0.3 is 5.97 Å². The summed E-state index contributed by atoms with van der Waals surface area (Å²) < 4.78 is 26.6. The second-order valence-corrected chi connectivity index (χ2v) is 7.98. The minimum absolute atomic E-state index is 0.0504. The third kappa shape index (κ3) is 7.84. The van der Waals surface area contributed by atoms with Gasteiger partial charge < -0.3 is 28.6 Å². The Morgan fingerprint density at radius 1 is 1.00 bits per heavy atom. The third-order valence-corrected chi connectivity index (χ3v) is 5.69. The standard InChI is InChI=1S/C22H36N4O6/c1-3-31-22(27)17-30-10-9-28-7-8-29-11-12-32-21-14-23-13-20(24-21)26-16-18-5-4-6-19(26)15-25(18)2/h13-14,18-19H,3-12,15-17H2,1-2H3. The molecule has 0 amide bonds. The van der Waals surface area contributed by atoms with Crippen molar-refractivity contribution in [2.75, 3.05) is 77.9 Å². The minimum atomic E-state index is -0.364. The molecular formula is C22H36N4O6. The number of ether oxygens (including phenoxy) is 5. The van der Waals surface area contributed by atoms with Gasteiger partial charge in [-0.25, -0.2) is 4.79 Å². The van der Waals surface area contributed by atoms with Gasteiger partial charge in [0.2, 0.25) is 5.88 Å². The number of carbonyl (C=O) groups is 1. The van der Waals surface area contributed by atoms with E-state index in [0.717, 1.165) is 18.9 Å². The van der Waals surface area contributed by atoms with Crippen LogP contribution in [0, 0.1) is 0 Å². The van der Waals surface area contributed by atoms with Crippen molar-refractivity contribution in [2.24, 2.45) is 0 Å². The first-order valence-corrected chi connectivity index (χ1v) is 11.5. The molecule has 0 N–H and O–H groups in total. The number of hydrogen-bond donors (Lipinski definition) is 0. The molecule has 2 bridgehead atoms. The van der Waals surface area contributed by atoms with Crippen LogP contribution < -0.4 is 9.64 Å². The first-order chi connectivity index (χ1) is 15.7. The highest BCUT2D eigenvalue weighted by atomic mass is 16.6. The maximum absolute atomic E-state index is 11.1. The maximum atomic E-state index is 11.1. The third-order valence-electron chi connectivity index (χ3n) is 5.69. The molecule has 3 fully saturated rings. The topological polar surface area (TPSA) is 95.5 Å². The molecule has 0 aliphatic carbocycles. The van der Waals surface area contributed by atoms with Crippen molar-refractivity contribution in [3.05, 3.63) is 12.4 Å². The van der Waals surface area contributed by atoms with Crippen LogP contribution >= 0.6 is 0 Å². The van der Waals surface area contributed by atoms with Crippen LogP contribution in [0.2, 0.25) is 0 Å². The largest absolute Gasteiger partial charge is 0.474 e. The Kier molecular flexibility index (Phi) is 10.4. The predicted molar refractivity (Wildman–Crippen MR) is 118 cm³/mol. The van der Waals surface area contributed by atoms with Crippen LogP contribution in [0.25, 0.3) is 0 Å². The van der Waals surface area contributed by atoms with E-state index >= 15 is 0 Å². The molecule has 2 atom stereocenters. The summed E-state index contributed by atoms with van der Waals surface area (Å²) in [5.41, 5.74) is 0. The number of nitrogens with zero attached hydrogens (tertiary/aromatic N) is 4. The molecule has 180 valence electrons. The number of fused-ring (bicyclic) bond motifs is 4. The van der Waals surface area contributed by atoms with Crippen molar-refractivity contribution in [3.8, 4) is 5.88 Å². The summed E-state index contributed by atoms with van der Waals surface area (Å²) in [5.74, 6) is 1.05. The molecule has 0 saturated carbocycles. The molecule has 32 heavy (non-hydrogen) atoms. The Labute approximate surface area is 190 Å². The van der Waals surface area contributed by atoms with Crippen LogP contribution in [0.15, 0.2) is 12.4 Å². The summed E-state index contributed by atoms with van der Waals surface area (Å²) in [4.78, 5) is 25.0. The van der Waals surface area contributed by atoms with Crippen LogP contribution in [0.5, 0.6) is 5.88 Å². The molecule has 1 aromatic rings. The summed E-state index contributed by atoms with van der Waals surface area (Å²) in [6.07, 6.45) is 7.18. The van der Waals surface area contributed by atoms with Gasteiger partial charge in [-0.1, -0.05) is 0 Å². The summed E-state index contributed by atoms with van der Waals surface area (Å²) in [6, 6.07) is 1.07. The fourth-order valence-corrected chi connectivity index (χ4v) is 4.07. The molecule has 10 heteroatoms. The Hall–Kier alpha value is -2.01. The lowest BCUT2D eigenvalue weighted by Crippen LogP contribution is -2.55. The smallest absolute Gasteiger partial charge is 0.332 e. The number of hydrogen-bond acceptors (Lipinski definition) is 10. The predicted octanol–water partition coefficient (Wildman–Crippen LogP) is 1.14. The van der Waals surface area contributed by atoms with Gasteiger partial charge in [0, 0.05) is 25.2 Å². The second kappa shape index (κ2) is 13.5. The number of rotatable bonds is 14. The summed E-state index contributed by atoms with van der Waals surface area (Å²) in [6.45, 7) is 6.61. The molecule has 2 unspecified atom stereocenters. The molecule has 3 aliphatic rings.